The highest BCUT2D eigenvalue weighted by atomic mass is 16.5. The maximum Gasteiger partial charge on any atom is 0.176 e. The van der Waals surface area contributed by atoms with Crippen molar-refractivity contribution in [3.8, 4) is 0 Å². The van der Waals surface area contributed by atoms with Crippen LogP contribution < -0.4 is 11.5 Å². The van der Waals surface area contributed by atoms with Crippen LogP contribution in [-0.2, 0) is 18.0 Å². The lowest BCUT2D eigenvalue weighted by molar-refractivity contribution is 0.0993. The Morgan fingerprint density at radius 3 is 1.35 bits per heavy atom. The molecule has 0 heterocycles. The molecule has 23 heavy (non-hydrogen) atoms. The van der Waals surface area contributed by atoms with Gasteiger partial charge in [0, 0.05) is 11.1 Å². The second-order valence-electron chi connectivity index (χ2n) is 5.14. The van der Waals surface area contributed by atoms with Crippen LogP contribution in [0.4, 0.5) is 0 Å². The fourth-order valence-corrected chi connectivity index (χ4v) is 2.10. The zero-order valence-corrected chi connectivity index (χ0v) is 12.8. The molecule has 0 spiro atoms. The summed E-state index contributed by atoms with van der Waals surface area (Å²) >= 11 is 0. The van der Waals surface area contributed by atoms with Gasteiger partial charge in [0.1, 0.15) is 0 Å². The Morgan fingerprint density at radius 2 is 1.04 bits per heavy atom. The standard InChI is InChI=1S/C18H20N2O3/c19-9-17(21)15-5-1-13(2-6-15)11-23-12-14-3-7-16(8-4-14)18(22)10-20/h1-8H,9-12,19-20H2. The minimum Gasteiger partial charge on any atom is -0.372 e. The van der Waals surface area contributed by atoms with E-state index in [4.69, 9.17) is 16.2 Å². The van der Waals surface area contributed by atoms with E-state index >= 15 is 0 Å². The molecule has 0 fully saturated rings. The van der Waals surface area contributed by atoms with E-state index in [1.54, 1.807) is 24.3 Å². The summed E-state index contributed by atoms with van der Waals surface area (Å²) in [7, 11) is 0. The van der Waals surface area contributed by atoms with Crippen LogP contribution in [0.1, 0.15) is 31.8 Å². The molecule has 0 amide bonds. The maximum atomic E-state index is 11.4. The molecule has 0 aliphatic rings. The first-order valence-corrected chi connectivity index (χ1v) is 7.36. The van der Waals surface area contributed by atoms with E-state index in [1.807, 2.05) is 24.3 Å². The number of hydrogen-bond donors (Lipinski definition) is 2. The number of hydrogen-bond acceptors (Lipinski definition) is 5. The van der Waals surface area contributed by atoms with Gasteiger partial charge >= 0.3 is 0 Å². The third-order valence-corrected chi connectivity index (χ3v) is 3.46. The van der Waals surface area contributed by atoms with E-state index < -0.39 is 0 Å². The Morgan fingerprint density at radius 1 is 0.696 bits per heavy atom. The summed E-state index contributed by atoms with van der Waals surface area (Å²) < 4.78 is 5.64. The monoisotopic (exact) mass is 312 g/mol. The SMILES string of the molecule is NCC(=O)c1ccc(COCc2ccc(C(=O)CN)cc2)cc1. The summed E-state index contributed by atoms with van der Waals surface area (Å²) in [5.74, 6) is -0.158. The number of benzene rings is 2. The Kier molecular flexibility index (Phi) is 6.17. The lowest BCUT2D eigenvalue weighted by Gasteiger charge is -2.06. The van der Waals surface area contributed by atoms with E-state index in [1.165, 1.54) is 0 Å². The van der Waals surface area contributed by atoms with Crippen LogP contribution in [-0.4, -0.2) is 24.7 Å². The first kappa shape index (κ1) is 17.0. The number of ketones is 2. The molecule has 0 saturated carbocycles. The van der Waals surface area contributed by atoms with Crippen molar-refractivity contribution in [2.24, 2.45) is 11.5 Å². The summed E-state index contributed by atoms with van der Waals surface area (Å²) in [4.78, 5) is 22.9. The van der Waals surface area contributed by atoms with Crippen molar-refractivity contribution in [2.75, 3.05) is 13.1 Å². The minimum absolute atomic E-state index is 0.0124. The van der Waals surface area contributed by atoms with E-state index in [0.29, 0.717) is 24.3 Å². The van der Waals surface area contributed by atoms with Crippen molar-refractivity contribution in [2.45, 2.75) is 13.2 Å². The van der Waals surface area contributed by atoms with E-state index in [-0.39, 0.29) is 24.7 Å². The van der Waals surface area contributed by atoms with Gasteiger partial charge in [0.25, 0.3) is 0 Å². The summed E-state index contributed by atoms with van der Waals surface area (Å²) in [5.41, 5.74) is 13.8. The van der Waals surface area contributed by atoms with Crippen molar-refractivity contribution in [1.82, 2.24) is 0 Å². The number of ether oxygens (including phenoxy) is 1. The number of Topliss-reactive ketones (excluding diaryl/α,β-unsaturated/α-hetero) is 2. The van der Waals surface area contributed by atoms with Crippen molar-refractivity contribution < 1.29 is 14.3 Å². The van der Waals surface area contributed by atoms with Gasteiger partial charge < -0.3 is 16.2 Å². The van der Waals surface area contributed by atoms with Gasteiger partial charge in [-0.15, -0.1) is 0 Å². The number of carbonyl (C=O) groups is 2. The average Bonchev–Trinajstić information content (AvgIpc) is 2.61. The summed E-state index contributed by atoms with van der Waals surface area (Å²) in [6.07, 6.45) is 0. The van der Waals surface area contributed by atoms with Crippen LogP contribution in [0.25, 0.3) is 0 Å². The van der Waals surface area contributed by atoms with Crippen molar-refractivity contribution >= 4 is 11.6 Å². The molecule has 0 saturated heterocycles. The molecule has 0 atom stereocenters. The fourth-order valence-electron chi connectivity index (χ4n) is 2.10. The average molecular weight is 312 g/mol. The molecule has 0 unspecified atom stereocenters. The normalized spacial score (nSPS) is 10.5. The zero-order valence-electron chi connectivity index (χ0n) is 12.8. The molecule has 5 nitrogen and oxygen atoms in total. The van der Waals surface area contributed by atoms with Gasteiger partial charge in [0.15, 0.2) is 11.6 Å². The van der Waals surface area contributed by atoms with Gasteiger partial charge in [-0.25, -0.2) is 0 Å². The molecule has 0 bridgehead atoms. The van der Waals surface area contributed by atoms with Crippen LogP contribution in [0.5, 0.6) is 0 Å². The van der Waals surface area contributed by atoms with Gasteiger partial charge in [0.2, 0.25) is 0 Å². The molecular formula is C18H20N2O3. The van der Waals surface area contributed by atoms with Crippen LogP contribution >= 0.6 is 0 Å². The largest absolute Gasteiger partial charge is 0.372 e. The third kappa shape index (κ3) is 4.82. The first-order valence-electron chi connectivity index (χ1n) is 7.36. The van der Waals surface area contributed by atoms with Gasteiger partial charge in [-0.1, -0.05) is 48.5 Å². The molecule has 5 heteroatoms. The Hall–Kier alpha value is -2.34. The Bertz CT molecular complexity index is 604. The van der Waals surface area contributed by atoms with Crippen LogP contribution in [0.3, 0.4) is 0 Å². The quantitative estimate of drug-likeness (QED) is 0.723. The fraction of sp³-hybridized carbons (Fsp3) is 0.222. The summed E-state index contributed by atoms with van der Waals surface area (Å²) in [6.45, 7) is 0.915. The smallest absolute Gasteiger partial charge is 0.176 e. The molecule has 0 aromatic heterocycles. The van der Waals surface area contributed by atoms with Gasteiger partial charge in [-0.2, -0.15) is 0 Å². The van der Waals surface area contributed by atoms with Gasteiger partial charge in [0.05, 0.1) is 26.3 Å². The summed E-state index contributed by atoms with van der Waals surface area (Å²) in [6, 6.07) is 14.4. The molecule has 120 valence electrons. The highest BCUT2D eigenvalue weighted by Gasteiger charge is 2.04. The van der Waals surface area contributed by atoms with Crippen LogP contribution in [0.15, 0.2) is 48.5 Å². The van der Waals surface area contributed by atoms with Gasteiger partial charge in [-0.3, -0.25) is 9.59 Å². The van der Waals surface area contributed by atoms with Gasteiger partial charge in [-0.05, 0) is 11.1 Å². The molecule has 0 radical (unpaired) electrons. The molecular weight excluding hydrogens is 292 g/mol. The highest BCUT2D eigenvalue weighted by Crippen LogP contribution is 2.10. The lowest BCUT2D eigenvalue weighted by atomic mass is 10.1. The van der Waals surface area contributed by atoms with E-state index in [2.05, 4.69) is 0 Å². The summed E-state index contributed by atoms with van der Waals surface area (Å²) in [5, 5.41) is 0. The van der Waals surface area contributed by atoms with Crippen LogP contribution in [0, 0.1) is 0 Å². The van der Waals surface area contributed by atoms with E-state index in [0.717, 1.165) is 11.1 Å². The maximum absolute atomic E-state index is 11.4. The second kappa shape index (κ2) is 8.33. The Labute approximate surface area is 135 Å². The van der Waals surface area contributed by atoms with Crippen molar-refractivity contribution in [3.63, 3.8) is 0 Å². The first-order chi connectivity index (χ1) is 11.1. The van der Waals surface area contributed by atoms with Crippen molar-refractivity contribution in [1.29, 1.82) is 0 Å². The number of nitrogens with two attached hydrogens (primary N) is 2. The topological polar surface area (TPSA) is 95.4 Å². The molecule has 2 aromatic rings. The minimum atomic E-state index is -0.0791. The molecule has 4 N–H and O–H groups in total. The zero-order chi connectivity index (χ0) is 16.7. The Balaban J connectivity index is 1.85. The van der Waals surface area contributed by atoms with Crippen LogP contribution in [0.2, 0.25) is 0 Å². The third-order valence-electron chi connectivity index (χ3n) is 3.46. The van der Waals surface area contributed by atoms with E-state index in [9.17, 15) is 9.59 Å². The molecule has 0 aliphatic heterocycles. The van der Waals surface area contributed by atoms with Crippen molar-refractivity contribution in [3.05, 3.63) is 70.8 Å². The predicted molar refractivity (Wildman–Crippen MR) is 88.1 cm³/mol. The highest BCUT2D eigenvalue weighted by molar-refractivity contribution is 5.97. The predicted octanol–water partition coefficient (Wildman–Crippen LogP) is 1.69. The number of rotatable bonds is 8. The molecule has 0 aliphatic carbocycles. The lowest BCUT2D eigenvalue weighted by Crippen LogP contribution is -2.13. The second-order valence-corrected chi connectivity index (χ2v) is 5.14. The molecule has 2 aromatic carbocycles. The molecule has 2 rings (SSSR count). The number of carbonyl (C=O) groups excluding carboxylic acids is 2.